The molecule has 0 spiro atoms. The van der Waals surface area contributed by atoms with Crippen LogP contribution < -0.4 is 4.90 Å². The zero-order valence-corrected chi connectivity index (χ0v) is 20.6. The monoisotopic (exact) mass is 563 g/mol. The van der Waals surface area contributed by atoms with Gasteiger partial charge in [-0.3, -0.25) is 24.3 Å². The topological polar surface area (TPSA) is 79.3 Å². The van der Waals surface area contributed by atoms with Crippen LogP contribution in [0.15, 0.2) is 47.6 Å². The summed E-state index contributed by atoms with van der Waals surface area (Å²) in [4.78, 5) is 37.9. The van der Waals surface area contributed by atoms with Gasteiger partial charge in [-0.2, -0.15) is 31.4 Å². The Labute approximate surface area is 217 Å². The predicted octanol–water partition coefficient (Wildman–Crippen LogP) is 5.16. The molecule has 0 fully saturated rings. The summed E-state index contributed by atoms with van der Waals surface area (Å²) < 4.78 is 83.1. The number of amides is 2. The summed E-state index contributed by atoms with van der Waals surface area (Å²) in [7, 11) is 0. The number of carbonyl (C=O) groups is 3. The van der Waals surface area contributed by atoms with Crippen LogP contribution >= 0.6 is 11.6 Å². The Hall–Kier alpha value is -3.61. The molecule has 0 bridgehead atoms. The number of hydrogen-bond donors (Lipinski definition) is 0. The Bertz CT molecular complexity index is 1260. The van der Waals surface area contributed by atoms with E-state index in [1.165, 1.54) is 6.92 Å². The van der Waals surface area contributed by atoms with Gasteiger partial charge in [-0.15, -0.1) is 0 Å². The standard InChI is InChI=1S/C24H20ClF6N3O4/c1-3-38-21(37)22(2)12-33(32-20(22)14-4-9-17(18(25)10-14)24(29,30)31)11-19(36)34(13-35)16-7-5-15(6-8-16)23(26,27)28/h4-10,13H,3,11-12H2,1-2H3. The lowest BCUT2D eigenvalue weighted by atomic mass is 9.82. The van der Waals surface area contributed by atoms with E-state index >= 15 is 0 Å². The molecule has 1 heterocycles. The van der Waals surface area contributed by atoms with Gasteiger partial charge in [0.25, 0.3) is 5.91 Å². The Morgan fingerprint density at radius 3 is 2.24 bits per heavy atom. The molecule has 0 radical (unpaired) electrons. The zero-order valence-electron chi connectivity index (χ0n) is 19.9. The first-order valence-corrected chi connectivity index (χ1v) is 11.3. The molecule has 0 saturated heterocycles. The van der Waals surface area contributed by atoms with Crippen LogP contribution in [0.1, 0.15) is 30.5 Å². The molecule has 3 rings (SSSR count). The molecule has 1 atom stereocenters. The van der Waals surface area contributed by atoms with Crippen molar-refractivity contribution < 1.29 is 45.5 Å². The number of hydrogen-bond acceptors (Lipinski definition) is 6. The summed E-state index contributed by atoms with van der Waals surface area (Å²) >= 11 is 5.84. The number of imide groups is 1. The minimum Gasteiger partial charge on any atom is -0.465 e. The van der Waals surface area contributed by atoms with Crippen molar-refractivity contribution >= 4 is 41.3 Å². The van der Waals surface area contributed by atoms with E-state index in [4.69, 9.17) is 16.3 Å². The number of alkyl halides is 6. The van der Waals surface area contributed by atoms with Crippen molar-refractivity contribution in [3.8, 4) is 0 Å². The Morgan fingerprint density at radius 2 is 1.74 bits per heavy atom. The molecule has 0 aromatic heterocycles. The lowest BCUT2D eigenvalue weighted by molar-refractivity contribution is -0.150. The van der Waals surface area contributed by atoms with E-state index < -0.39 is 52.3 Å². The second-order valence-electron chi connectivity index (χ2n) is 8.43. The van der Waals surface area contributed by atoms with Gasteiger partial charge in [0.15, 0.2) is 0 Å². The molecule has 0 saturated carbocycles. The van der Waals surface area contributed by atoms with Gasteiger partial charge in [0.2, 0.25) is 6.41 Å². The van der Waals surface area contributed by atoms with Crippen molar-refractivity contribution in [3.05, 3.63) is 64.2 Å². The summed E-state index contributed by atoms with van der Waals surface area (Å²) in [6.45, 7) is 2.13. The van der Waals surface area contributed by atoms with Crippen LogP contribution in [0.3, 0.4) is 0 Å². The fourth-order valence-corrected chi connectivity index (χ4v) is 4.13. The molecule has 14 heteroatoms. The third kappa shape index (κ3) is 5.93. The molecule has 1 aliphatic rings. The molecular weight excluding hydrogens is 544 g/mol. The first-order valence-electron chi connectivity index (χ1n) is 10.9. The first-order chi connectivity index (χ1) is 17.6. The Kier molecular flexibility index (Phi) is 8.10. The molecule has 1 aliphatic heterocycles. The number of hydrazone groups is 1. The van der Waals surface area contributed by atoms with Gasteiger partial charge in [0.05, 0.1) is 40.7 Å². The molecule has 38 heavy (non-hydrogen) atoms. The third-order valence-corrected chi connectivity index (χ3v) is 6.01. The van der Waals surface area contributed by atoms with Crippen molar-refractivity contribution in [3.63, 3.8) is 0 Å². The van der Waals surface area contributed by atoms with Crippen molar-refractivity contribution in [1.82, 2.24) is 5.01 Å². The van der Waals surface area contributed by atoms with Crippen LogP contribution in [0, 0.1) is 5.41 Å². The van der Waals surface area contributed by atoms with E-state index in [2.05, 4.69) is 5.10 Å². The van der Waals surface area contributed by atoms with Crippen molar-refractivity contribution in [2.45, 2.75) is 26.2 Å². The zero-order chi connectivity index (χ0) is 28.5. The summed E-state index contributed by atoms with van der Waals surface area (Å²) in [6.07, 6.45) is -9.22. The number of esters is 1. The van der Waals surface area contributed by atoms with Crippen LogP contribution in [0.25, 0.3) is 0 Å². The maximum Gasteiger partial charge on any atom is 0.417 e. The lowest BCUT2D eigenvalue weighted by Crippen LogP contribution is -2.43. The summed E-state index contributed by atoms with van der Waals surface area (Å²) in [6, 6.07) is 6.11. The molecule has 204 valence electrons. The number of anilines is 1. The Morgan fingerprint density at radius 1 is 1.11 bits per heavy atom. The molecule has 1 unspecified atom stereocenters. The van der Waals surface area contributed by atoms with Crippen molar-refractivity contribution in [2.75, 3.05) is 24.6 Å². The molecule has 2 aromatic rings. The molecular formula is C24H20ClF6N3O4. The van der Waals surface area contributed by atoms with Crippen LogP contribution in [-0.2, 0) is 31.5 Å². The normalized spacial score (nSPS) is 17.7. The average Bonchev–Trinajstić information content (AvgIpc) is 3.15. The van der Waals surface area contributed by atoms with E-state index in [9.17, 15) is 40.7 Å². The number of halogens is 7. The van der Waals surface area contributed by atoms with Crippen LogP contribution in [-0.4, -0.2) is 48.7 Å². The van der Waals surface area contributed by atoms with Crippen molar-refractivity contribution in [2.24, 2.45) is 10.5 Å². The molecule has 7 nitrogen and oxygen atoms in total. The highest BCUT2D eigenvalue weighted by Crippen LogP contribution is 2.38. The maximum atomic E-state index is 13.2. The average molecular weight is 564 g/mol. The highest BCUT2D eigenvalue weighted by molar-refractivity contribution is 6.32. The third-order valence-electron chi connectivity index (χ3n) is 5.70. The van der Waals surface area contributed by atoms with Gasteiger partial charge in [-0.05, 0) is 50.2 Å². The summed E-state index contributed by atoms with van der Waals surface area (Å²) in [5.74, 6) is -1.65. The number of ether oxygens (including phenoxy) is 1. The number of nitrogens with zero attached hydrogens (tertiary/aromatic N) is 3. The highest BCUT2D eigenvalue weighted by Gasteiger charge is 2.48. The second-order valence-corrected chi connectivity index (χ2v) is 8.84. The number of rotatable bonds is 7. The molecule has 2 aromatic carbocycles. The summed E-state index contributed by atoms with van der Waals surface area (Å²) in [5, 5.41) is 4.72. The fraction of sp³-hybridized carbons (Fsp3) is 0.333. The predicted molar refractivity (Wildman–Crippen MR) is 124 cm³/mol. The quantitative estimate of drug-likeness (QED) is 0.264. The number of carbonyl (C=O) groups excluding carboxylic acids is 3. The SMILES string of the molecule is CCOC(=O)C1(C)CN(CC(=O)N(C=O)c2ccc(C(F)(F)F)cc2)N=C1c1ccc(C(F)(F)F)c(Cl)c1. The van der Waals surface area contributed by atoms with Crippen LogP contribution in [0.4, 0.5) is 32.0 Å². The molecule has 2 amide bonds. The van der Waals surface area contributed by atoms with Crippen molar-refractivity contribution in [1.29, 1.82) is 0 Å². The van der Waals surface area contributed by atoms with Gasteiger partial charge in [0, 0.05) is 5.56 Å². The van der Waals surface area contributed by atoms with E-state index in [0.29, 0.717) is 17.0 Å². The van der Waals surface area contributed by atoms with Gasteiger partial charge < -0.3 is 4.74 Å². The minimum absolute atomic E-state index is 0.0127. The highest BCUT2D eigenvalue weighted by atomic mass is 35.5. The van der Waals surface area contributed by atoms with Gasteiger partial charge in [-0.25, -0.2) is 0 Å². The van der Waals surface area contributed by atoms with E-state index in [1.807, 2.05) is 0 Å². The van der Waals surface area contributed by atoms with E-state index in [0.717, 1.165) is 35.3 Å². The lowest BCUT2D eigenvalue weighted by Gasteiger charge is -2.25. The van der Waals surface area contributed by atoms with E-state index in [-0.39, 0.29) is 36.5 Å². The van der Waals surface area contributed by atoms with Gasteiger partial charge in [0.1, 0.15) is 12.0 Å². The smallest absolute Gasteiger partial charge is 0.417 e. The first kappa shape index (κ1) is 29.0. The molecule has 0 N–H and O–H groups in total. The largest absolute Gasteiger partial charge is 0.465 e. The van der Waals surface area contributed by atoms with Crippen LogP contribution in [0.2, 0.25) is 5.02 Å². The second kappa shape index (κ2) is 10.6. The Balaban J connectivity index is 1.92. The van der Waals surface area contributed by atoms with Gasteiger partial charge >= 0.3 is 18.3 Å². The maximum absolute atomic E-state index is 13.2. The minimum atomic E-state index is -4.72. The molecule has 0 aliphatic carbocycles. The van der Waals surface area contributed by atoms with E-state index in [1.54, 1.807) is 6.92 Å². The van der Waals surface area contributed by atoms with Gasteiger partial charge in [-0.1, -0.05) is 17.7 Å². The fourth-order valence-electron chi connectivity index (χ4n) is 3.85. The number of benzene rings is 2. The summed E-state index contributed by atoms with van der Waals surface area (Å²) in [5.41, 5.74) is -3.68. The van der Waals surface area contributed by atoms with Crippen LogP contribution in [0.5, 0.6) is 0 Å².